The molecule has 124 valence electrons. The number of carbonyl (C=O) groups excluding carboxylic acids is 3. The average Bonchev–Trinajstić information content (AvgIpc) is 2.39. The molecule has 0 unspecified atom stereocenters. The van der Waals surface area contributed by atoms with Crippen LogP contribution in [-0.2, 0) is 38.1 Å². The molecular weight excluding hydrogens is 296 g/mol. The summed E-state index contributed by atoms with van der Waals surface area (Å²) < 4.78 is 25.6. The minimum Gasteiger partial charge on any atom is -0.463 e. The quantitative estimate of drug-likeness (QED) is 0.540. The van der Waals surface area contributed by atoms with Crippen LogP contribution in [0.4, 0.5) is 0 Å². The third-order valence-electron chi connectivity index (χ3n) is 2.55. The fourth-order valence-corrected chi connectivity index (χ4v) is 1.83. The Morgan fingerprint density at radius 1 is 1.14 bits per heavy atom. The van der Waals surface area contributed by atoms with E-state index in [0.29, 0.717) is 0 Å². The largest absolute Gasteiger partial charge is 0.463 e. The molecule has 0 N–H and O–H groups in total. The lowest BCUT2D eigenvalue weighted by molar-refractivity contribution is -0.234. The standard InChI is InChI=1S/C14H20O8/c1-7(2)19-14-12(21-9(4)16)10(20-8(3)15)6-11(22-14)13(17)18-5/h6-7,10,12,14H,1-5H3/t10-,12+,14+/m0/s1. The normalized spacial score (nSPS) is 24.1. The van der Waals surface area contributed by atoms with E-state index in [1.807, 2.05) is 0 Å². The summed E-state index contributed by atoms with van der Waals surface area (Å²) in [6.07, 6.45) is -2.21. The van der Waals surface area contributed by atoms with Crippen LogP contribution in [0.1, 0.15) is 27.7 Å². The zero-order valence-electron chi connectivity index (χ0n) is 13.2. The van der Waals surface area contributed by atoms with Crippen LogP contribution in [-0.4, -0.2) is 49.6 Å². The van der Waals surface area contributed by atoms with E-state index in [4.69, 9.17) is 18.9 Å². The van der Waals surface area contributed by atoms with Gasteiger partial charge in [-0.1, -0.05) is 0 Å². The van der Waals surface area contributed by atoms with E-state index in [0.717, 1.165) is 0 Å². The van der Waals surface area contributed by atoms with E-state index in [1.165, 1.54) is 27.0 Å². The van der Waals surface area contributed by atoms with Gasteiger partial charge in [0.25, 0.3) is 0 Å². The monoisotopic (exact) mass is 316 g/mol. The Bertz CT molecular complexity index is 467. The minimum absolute atomic E-state index is 0.178. The first-order valence-electron chi connectivity index (χ1n) is 6.71. The molecule has 0 radical (unpaired) electrons. The van der Waals surface area contributed by atoms with Gasteiger partial charge in [0.15, 0.2) is 6.10 Å². The van der Waals surface area contributed by atoms with Gasteiger partial charge in [0.2, 0.25) is 18.2 Å². The highest BCUT2D eigenvalue weighted by atomic mass is 16.7. The lowest BCUT2D eigenvalue weighted by atomic mass is 10.1. The van der Waals surface area contributed by atoms with Crippen LogP contribution in [0.3, 0.4) is 0 Å². The first-order chi connectivity index (χ1) is 10.2. The van der Waals surface area contributed by atoms with E-state index >= 15 is 0 Å². The predicted octanol–water partition coefficient (Wildman–Crippen LogP) is 0.688. The van der Waals surface area contributed by atoms with Gasteiger partial charge < -0.3 is 23.7 Å². The molecule has 0 aromatic heterocycles. The minimum atomic E-state index is -1.10. The van der Waals surface area contributed by atoms with Crippen LogP contribution >= 0.6 is 0 Å². The van der Waals surface area contributed by atoms with Crippen molar-refractivity contribution in [3.63, 3.8) is 0 Å². The van der Waals surface area contributed by atoms with Gasteiger partial charge in [0.05, 0.1) is 13.2 Å². The van der Waals surface area contributed by atoms with Gasteiger partial charge in [0, 0.05) is 19.9 Å². The molecular formula is C14H20O8. The van der Waals surface area contributed by atoms with Crippen molar-refractivity contribution >= 4 is 17.9 Å². The Hall–Kier alpha value is -2.09. The summed E-state index contributed by atoms with van der Waals surface area (Å²) in [4.78, 5) is 34.1. The van der Waals surface area contributed by atoms with Crippen molar-refractivity contribution in [2.24, 2.45) is 0 Å². The second kappa shape index (κ2) is 7.79. The molecule has 0 aromatic carbocycles. The maximum Gasteiger partial charge on any atom is 0.373 e. The zero-order chi connectivity index (χ0) is 16.9. The molecule has 1 heterocycles. The fourth-order valence-electron chi connectivity index (χ4n) is 1.83. The van der Waals surface area contributed by atoms with Crippen LogP contribution in [0.5, 0.6) is 0 Å². The number of hydrogen-bond acceptors (Lipinski definition) is 8. The summed E-state index contributed by atoms with van der Waals surface area (Å²) in [6.45, 7) is 5.89. The van der Waals surface area contributed by atoms with E-state index in [9.17, 15) is 14.4 Å². The van der Waals surface area contributed by atoms with Crippen LogP contribution in [0.2, 0.25) is 0 Å². The van der Waals surface area contributed by atoms with Crippen molar-refractivity contribution in [2.45, 2.75) is 52.3 Å². The Kier molecular flexibility index (Phi) is 6.36. The summed E-state index contributed by atoms with van der Waals surface area (Å²) in [5, 5.41) is 0. The van der Waals surface area contributed by atoms with Crippen molar-refractivity contribution in [1.82, 2.24) is 0 Å². The molecule has 0 saturated carbocycles. The maximum absolute atomic E-state index is 11.6. The number of hydrogen-bond donors (Lipinski definition) is 0. The van der Waals surface area contributed by atoms with Gasteiger partial charge in [-0.05, 0) is 13.8 Å². The summed E-state index contributed by atoms with van der Waals surface area (Å²) in [5.41, 5.74) is 0. The molecule has 0 amide bonds. The Balaban J connectivity index is 3.12. The summed E-state index contributed by atoms with van der Waals surface area (Å²) in [7, 11) is 1.18. The number of esters is 3. The summed E-state index contributed by atoms with van der Waals surface area (Å²) >= 11 is 0. The van der Waals surface area contributed by atoms with Gasteiger partial charge in [-0.3, -0.25) is 9.59 Å². The molecule has 0 saturated heterocycles. The number of methoxy groups -OCH3 is 1. The van der Waals surface area contributed by atoms with E-state index in [2.05, 4.69) is 4.74 Å². The van der Waals surface area contributed by atoms with Crippen molar-refractivity contribution in [3.05, 3.63) is 11.8 Å². The molecule has 0 bridgehead atoms. The molecule has 8 heteroatoms. The van der Waals surface area contributed by atoms with Crippen molar-refractivity contribution < 1.29 is 38.1 Å². The van der Waals surface area contributed by atoms with E-state index in [1.54, 1.807) is 13.8 Å². The Labute approximate surface area is 128 Å². The number of ether oxygens (including phenoxy) is 5. The predicted molar refractivity (Wildman–Crippen MR) is 72.3 cm³/mol. The molecule has 3 atom stereocenters. The van der Waals surface area contributed by atoms with Gasteiger partial charge in [-0.2, -0.15) is 0 Å². The molecule has 0 aromatic rings. The highest BCUT2D eigenvalue weighted by Gasteiger charge is 2.42. The smallest absolute Gasteiger partial charge is 0.373 e. The molecule has 1 aliphatic rings. The maximum atomic E-state index is 11.6. The van der Waals surface area contributed by atoms with Crippen molar-refractivity contribution in [1.29, 1.82) is 0 Å². The second-order valence-corrected chi connectivity index (χ2v) is 4.84. The summed E-state index contributed by atoms with van der Waals surface area (Å²) in [6, 6.07) is 0. The van der Waals surface area contributed by atoms with Crippen LogP contribution in [0.15, 0.2) is 11.8 Å². The zero-order valence-corrected chi connectivity index (χ0v) is 13.2. The highest BCUT2D eigenvalue weighted by molar-refractivity contribution is 5.86. The van der Waals surface area contributed by atoms with Gasteiger partial charge in [-0.15, -0.1) is 0 Å². The lowest BCUT2D eigenvalue weighted by Crippen LogP contribution is -2.49. The first-order valence-corrected chi connectivity index (χ1v) is 6.71. The summed E-state index contributed by atoms with van der Waals surface area (Å²) in [5.74, 6) is -2.13. The molecule has 0 aliphatic carbocycles. The molecule has 22 heavy (non-hydrogen) atoms. The Morgan fingerprint density at radius 3 is 2.18 bits per heavy atom. The van der Waals surface area contributed by atoms with Crippen LogP contribution in [0.25, 0.3) is 0 Å². The second-order valence-electron chi connectivity index (χ2n) is 4.84. The Morgan fingerprint density at radius 2 is 1.73 bits per heavy atom. The average molecular weight is 316 g/mol. The number of rotatable bonds is 5. The van der Waals surface area contributed by atoms with Gasteiger partial charge in [0.1, 0.15) is 0 Å². The third kappa shape index (κ3) is 5.03. The van der Waals surface area contributed by atoms with Crippen molar-refractivity contribution in [2.75, 3.05) is 7.11 Å². The molecule has 0 fully saturated rings. The van der Waals surface area contributed by atoms with E-state index in [-0.39, 0.29) is 11.9 Å². The van der Waals surface area contributed by atoms with Gasteiger partial charge in [-0.25, -0.2) is 4.79 Å². The fraction of sp³-hybridized carbons (Fsp3) is 0.643. The molecule has 0 spiro atoms. The lowest BCUT2D eigenvalue weighted by Gasteiger charge is -2.35. The first kappa shape index (κ1) is 18.0. The topological polar surface area (TPSA) is 97.4 Å². The van der Waals surface area contributed by atoms with E-state index < -0.39 is 36.4 Å². The highest BCUT2D eigenvalue weighted by Crippen LogP contribution is 2.26. The molecule has 1 rings (SSSR count). The molecule has 1 aliphatic heterocycles. The third-order valence-corrected chi connectivity index (χ3v) is 2.55. The van der Waals surface area contributed by atoms with Crippen LogP contribution in [0, 0.1) is 0 Å². The van der Waals surface area contributed by atoms with Crippen LogP contribution < -0.4 is 0 Å². The SMILES string of the molecule is COC(=O)C1=C[C@H](OC(C)=O)[C@@H](OC(C)=O)[C@H](OC(C)C)O1. The van der Waals surface area contributed by atoms with Gasteiger partial charge >= 0.3 is 17.9 Å². The molecule has 8 nitrogen and oxygen atoms in total. The number of carbonyl (C=O) groups is 3. The van der Waals surface area contributed by atoms with Crippen molar-refractivity contribution in [3.8, 4) is 0 Å².